The molecule has 2 amide bonds. The Morgan fingerprint density at radius 3 is 2.46 bits per heavy atom. The molecule has 2 rings (SSSR count). The fourth-order valence-corrected chi connectivity index (χ4v) is 2.88. The summed E-state index contributed by atoms with van der Waals surface area (Å²) in [6.45, 7) is 7.97. The second-order valence-electron chi connectivity index (χ2n) is 6.18. The van der Waals surface area contributed by atoms with E-state index in [0.717, 1.165) is 0 Å². The van der Waals surface area contributed by atoms with Crippen molar-refractivity contribution in [1.82, 2.24) is 9.55 Å². The van der Waals surface area contributed by atoms with E-state index in [-0.39, 0.29) is 29.4 Å². The number of furan rings is 1. The lowest BCUT2D eigenvalue weighted by atomic mass is 10.1. The summed E-state index contributed by atoms with van der Waals surface area (Å²) in [6, 6.07) is 0.702. The van der Waals surface area contributed by atoms with Gasteiger partial charge in [-0.05, 0) is 40.7 Å². The van der Waals surface area contributed by atoms with E-state index in [1.807, 2.05) is 0 Å². The number of esters is 1. The number of aryl methyl sites for hydroxylation is 3. The first-order chi connectivity index (χ1) is 13.1. The summed E-state index contributed by atoms with van der Waals surface area (Å²) < 4.78 is 11.5. The lowest BCUT2D eigenvalue weighted by Gasteiger charge is -2.17. The van der Waals surface area contributed by atoms with E-state index in [1.165, 1.54) is 18.4 Å². The van der Waals surface area contributed by atoms with E-state index in [1.54, 1.807) is 26.8 Å². The summed E-state index contributed by atoms with van der Waals surface area (Å²) in [6.07, 6.45) is 0. The lowest BCUT2D eigenvalue weighted by molar-refractivity contribution is -0.119. The van der Waals surface area contributed by atoms with Crippen molar-refractivity contribution in [3.05, 3.63) is 44.8 Å². The Labute approximate surface area is 160 Å². The SMILES string of the molecule is CCOC(=O)c1c(C)oc(NC(=O)C(C)n2c(C)cc(C)nc2=O)c1C(N)=O. The standard InChI is InChI=1S/C18H22N4O6/c1-6-27-17(25)12-11(5)28-16(13(12)14(19)23)21-15(24)10(4)22-9(3)7-8(2)20-18(22)26/h7,10H,6H2,1-5H3,(H2,19,23)(H,21,24). The number of nitrogens with two attached hydrogens (primary N) is 1. The van der Waals surface area contributed by atoms with Gasteiger partial charge < -0.3 is 14.9 Å². The minimum absolute atomic E-state index is 0.0700. The molecule has 0 radical (unpaired) electrons. The van der Waals surface area contributed by atoms with Crippen LogP contribution in [0.15, 0.2) is 15.3 Å². The quantitative estimate of drug-likeness (QED) is 0.705. The summed E-state index contributed by atoms with van der Waals surface area (Å²) in [5.74, 6) is -2.62. The highest BCUT2D eigenvalue weighted by Gasteiger charge is 2.30. The van der Waals surface area contributed by atoms with E-state index in [9.17, 15) is 19.2 Å². The number of rotatable bonds is 6. The molecule has 0 bridgehead atoms. The van der Waals surface area contributed by atoms with Crippen molar-refractivity contribution in [1.29, 1.82) is 0 Å². The molecule has 10 nitrogen and oxygen atoms in total. The lowest BCUT2D eigenvalue weighted by Crippen LogP contribution is -2.35. The zero-order chi connectivity index (χ0) is 21.2. The number of aromatic nitrogens is 2. The van der Waals surface area contributed by atoms with Crippen LogP contribution in [0.4, 0.5) is 5.88 Å². The van der Waals surface area contributed by atoms with Gasteiger partial charge >= 0.3 is 11.7 Å². The summed E-state index contributed by atoms with van der Waals surface area (Å²) >= 11 is 0. The van der Waals surface area contributed by atoms with Crippen LogP contribution in [-0.2, 0) is 9.53 Å². The molecule has 0 aliphatic carbocycles. The molecule has 0 saturated carbocycles. The van der Waals surface area contributed by atoms with Crippen LogP contribution in [0, 0.1) is 20.8 Å². The molecule has 10 heteroatoms. The molecule has 1 atom stereocenters. The molecular formula is C18H22N4O6. The normalized spacial score (nSPS) is 11.8. The largest absolute Gasteiger partial charge is 0.462 e. The van der Waals surface area contributed by atoms with Crippen LogP contribution in [0.1, 0.15) is 57.8 Å². The Kier molecular flexibility index (Phi) is 6.02. The van der Waals surface area contributed by atoms with Crippen LogP contribution in [-0.4, -0.2) is 33.9 Å². The second-order valence-corrected chi connectivity index (χ2v) is 6.18. The molecule has 0 aliphatic heterocycles. The number of nitrogens with zero attached hydrogens (tertiary/aromatic N) is 2. The zero-order valence-electron chi connectivity index (χ0n) is 16.3. The van der Waals surface area contributed by atoms with Gasteiger partial charge in [-0.3, -0.25) is 19.5 Å². The molecule has 0 aromatic carbocycles. The summed E-state index contributed by atoms with van der Waals surface area (Å²) in [5.41, 5.74) is 5.41. The number of nitrogens with one attached hydrogen (secondary N) is 1. The highest BCUT2D eigenvalue weighted by molar-refractivity contribution is 6.10. The first kappa shape index (κ1) is 20.9. The molecule has 150 valence electrons. The van der Waals surface area contributed by atoms with E-state index in [0.29, 0.717) is 11.4 Å². The smallest absolute Gasteiger partial charge is 0.348 e. The molecule has 2 heterocycles. The first-order valence-corrected chi connectivity index (χ1v) is 8.56. The maximum atomic E-state index is 12.7. The number of hydrogen-bond acceptors (Lipinski definition) is 7. The van der Waals surface area contributed by atoms with Gasteiger partial charge in [-0.1, -0.05) is 0 Å². The number of amides is 2. The third-order valence-corrected chi connectivity index (χ3v) is 4.09. The van der Waals surface area contributed by atoms with Crippen LogP contribution in [0.25, 0.3) is 0 Å². The van der Waals surface area contributed by atoms with Crippen LogP contribution >= 0.6 is 0 Å². The Morgan fingerprint density at radius 1 is 1.29 bits per heavy atom. The van der Waals surface area contributed by atoms with Crippen LogP contribution in [0.2, 0.25) is 0 Å². The van der Waals surface area contributed by atoms with E-state index >= 15 is 0 Å². The summed E-state index contributed by atoms with van der Waals surface area (Å²) in [4.78, 5) is 52.6. The fraction of sp³-hybridized carbons (Fsp3) is 0.389. The monoisotopic (exact) mass is 390 g/mol. The maximum Gasteiger partial charge on any atom is 0.348 e. The Bertz CT molecular complexity index is 1000. The Balaban J connectivity index is 2.42. The second kappa shape index (κ2) is 8.07. The van der Waals surface area contributed by atoms with Gasteiger partial charge in [0.25, 0.3) is 5.91 Å². The van der Waals surface area contributed by atoms with Crippen molar-refractivity contribution < 1.29 is 23.5 Å². The molecular weight excluding hydrogens is 368 g/mol. The highest BCUT2D eigenvalue weighted by atomic mass is 16.5. The van der Waals surface area contributed by atoms with Gasteiger partial charge in [-0.15, -0.1) is 0 Å². The van der Waals surface area contributed by atoms with Crippen molar-refractivity contribution in [2.45, 2.75) is 40.7 Å². The van der Waals surface area contributed by atoms with E-state index < -0.39 is 29.5 Å². The van der Waals surface area contributed by atoms with Crippen molar-refractivity contribution in [2.75, 3.05) is 11.9 Å². The third-order valence-electron chi connectivity index (χ3n) is 4.09. The molecule has 0 aliphatic rings. The van der Waals surface area contributed by atoms with Crippen LogP contribution < -0.4 is 16.7 Å². The van der Waals surface area contributed by atoms with Gasteiger partial charge in [0, 0.05) is 11.4 Å². The Hall–Kier alpha value is -3.43. The number of carbonyl (C=O) groups is 3. The molecule has 2 aromatic heterocycles. The van der Waals surface area contributed by atoms with Gasteiger partial charge in [-0.2, -0.15) is 4.98 Å². The minimum Gasteiger partial charge on any atom is -0.462 e. The topological polar surface area (TPSA) is 147 Å². The third kappa shape index (κ3) is 3.95. The average Bonchev–Trinajstić information content (AvgIpc) is 2.90. The highest BCUT2D eigenvalue weighted by Crippen LogP contribution is 2.28. The number of carbonyl (C=O) groups excluding carboxylic acids is 3. The molecule has 3 N–H and O–H groups in total. The van der Waals surface area contributed by atoms with Gasteiger partial charge in [0.05, 0.1) is 6.61 Å². The number of hydrogen-bond donors (Lipinski definition) is 2. The molecule has 2 aromatic rings. The van der Waals surface area contributed by atoms with Gasteiger partial charge in [0.1, 0.15) is 22.9 Å². The van der Waals surface area contributed by atoms with Crippen molar-refractivity contribution in [3.63, 3.8) is 0 Å². The number of anilines is 1. The molecule has 1 unspecified atom stereocenters. The predicted molar refractivity (Wildman–Crippen MR) is 99.2 cm³/mol. The molecule has 0 spiro atoms. The van der Waals surface area contributed by atoms with Gasteiger partial charge in [0.2, 0.25) is 11.8 Å². The van der Waals surface area contributed by atoms with Crippen LogP contribution in [0.5, 0.6) is 0 Å². The Morgan fingerprint density at radius 2 is 1.93 bits per heavy atom. The average molecular weight is 390 g/mol. The van der Waals surface area contributed by atoms with Crippen molar-refractivity contribution in [3.8, 4) is 0 Å². The van der Waals surface area contributed by atoms with Gasteiger partial charge in [0.15, 0.2) is 0 Å². The summed E-state index contributed by atoms with van der Waals surface area (Å²) in [5, 5.41) is 2.42. The zero-order valence-corrected chi connectivity index (χ0v) is 16.3. The maximum absolute atomic E-state index is 12.7. The van der Waals surface area contributed by atoms with Crippen molar-refractivity contribution >= 4 is 23.7 Å². The molecule has 0 saturated heterocycles. The van der Waals surface area contributed by atoms with Crippen LogP contribution in [0.3, 0.4) is 0 Å². The fourth-order valence-electron chi connectivity index (χ4n) is 2.88. The van der Waals surface area contributed by atoms with Crippen molar-refractivity contribution in [2.24, 2.45) is 5.73 Å². The van der Waals surface area contributed by atoms with Gasteiger partial charge in [-0.25, -0.2) is 9.59 Å². The number of ether oxygens (including phenoxy) is 1. The van der Waals surface area contributed by atoms with E-state index in [4.69, 9.17) is 14.9 Å². The summed E-state index contributed by atoms with van der Waals surface area (Å²) in [7, 11) is 0. The minimum atomic E-state index is -0.965. The van der Waals surface area contributed by atoms with E-state index in [2.05, 4.69) is 10.3 Å². The molecule has 28 heavy (non-hydrogen) atoms. The first-order valence-electron chi connectivity index (χ1n) is 8.56. The molecule has 0 fully saturated rings. The predicted octanol–water partition coefficient (Wildman–Crippen LogP) is 1.24. The number of primary amides is 1.